The standard InChI is InChI=1S/C12H15BrN4O3S/c1-17-12(11(13)15-16-17)21(18,19)14-7-9-5-3-4-6-10(9)8-20-2/h3-6,14H,7-8H2,1-2H3. The first-order chi connectivity index (χ1) is 9.95. The zero-order valence-corrected chi connectivity index (χ0v) is 14.0. The summed E-state index contributed by atoms with van der Waals surface area (Å²) >= 11 is 3.08. The summed E-state index contributed by atoms with van der Waals surface area (Å²) in [4.78, 5) is 0. The number of sulfonamides is 1. The van der Waals surface area contributed by atoms with Crippen LogP contribution in [0.1, 0.15) is 11.1 Å². The van der Waals surface area contributed by atoms with Gasteiger partial charge in [-0.3, -0.25) is 0 Å². The molecule has 0 amide bonds. The summed E-state index contributed by atoms with van der Waals surface area (Å²) in [7, 11) is -0.592. The van der Waals surface area contributed by atoms with E-state index in [2.05, 4.69) is 31.0 Å². The van der Waals surface area contributed by atoms with Gasteiger partial charge >= 0.3 is 0 Å². The van der Waals surface area contributed by atoms with Crippen LogP contribution in [0.5, 0.6) is 0 Å². The Morgan fingerprint density at radius 3 is 2.57 bits per heavy atom. The summed E-state index contributed by atoms with van der Waals surface area (Å²) in [6.45, 7) is 0.592. The van der Waals surface area contributed by atoms with Gasteiger partial charge in [-0.1, -0.05) is 29.5 Å². The maximum absolute atomic E-state index is 12.3. The fourth-order valence-corrected chi connectivity index (χ4v) is 3.97. The summed E-state index contributed by atoms with van der Waals surface area (Å²) < 4.78 is 33.6. The summed E-state index contributed by atoms with van der Waals surface area (Å²) in [5, 5.41) is 7.33. The van der Waals surface area contributed by atoms with Crippen LogP contribution in [0.15, 0.2) is 33.9 Å². The Hall–Kier alpha value is -1.29. The first kappa shape index (κ1) is 16.1. The molecular weight excluding hydrogens is 360 g/mol. The number of hydrogen-bond donors (Lipinski definition) is 1. The van der Waals surface area contributed by atoms with Crippen molar-refractivity contribution in [2.45, 2.75) is 18.2 Å². The Kier molecular flexibility index (Phi) is 5.09. The lowest BCUT2D eigenvalue weighted by Gasteiger charge is -2.10. The lowest BCUT2D eigenvalue weighted by molar-refractivity contribution is 0.184. The van der Waals surface area contributed by atoms with Crippen LogP contribution in [0, 0.1) is 0 Å². The van der Waals surface area contributed by atoms with Gasteiger partial charge in [-0.05, 0) is 27.1 Å². The van der Waals surface area contributed by atoms with Crippen molar-refractivity contribution in [1.82, 2.24) is 19.7 Å². The molecule has 114 valence electrons. The number of aryl methyl sites for hydroxylation is 1. The Bertz CT molecular complexity index is 710. The average molecular weight is 375 g/mol. The van der Waals surface area contributed by atoms with E-state index >= 15 is 0 Å². The molecule has 9 heteroatoms. The van der Waals surface area contributed by atoms with E-state index in [-0.39, 0.29) is 16.2 Å². The Balaban J connectivity index is 2.20. The van der Waals surface area contributed by atoms with Crippen LogP contribution >= 0.6 is 15.9 Å². The molecule has 0 unspecified atom stereocenters. The van der Waals surface area contributed by atoms with Crippen molar-refractivity contribution in [3.63, 3.8) is 0 Å². The van der Waals surface area contributed by atoms with E-state index in [1.165, 1.54) is 11.7 Å². The van der Waals surface area contributed by atoms with Crippen LogP contribution in [0.3, 0.4) is 0 Å². The molecule has 2 rings (SSSR count). The maximum Gasteiger partial charge on any atom is 0.260 e. The Morgan fingerprint density at radius 1 is 1.33 bits per heavy atom. The molecule has 21 heavy (non-hydrogen) atoms. The molecular formula is C12H15BrN4O3S. The highest BCUT2D eigenvalue weighted by atomic mass is 79.9. The third-order valence-electron chi connectivity index (χ3n) is 2.86. The number of hydrogen-bond acceptors (Lipinski definition) is 5. The van der Waals surface area contributed by atoms with E-state index in [0.717, 1.165) is 11.1 Å². The number of halogens is 1. The van der Waals surface area contributed by atoms with E-state index in [0.29, 0.717) is 6.61 Å². The number of benzene rings is 1. The van der Waals surface area contributed by atoms with Crippen molar-refractivity contribution < 1.29 is 13.2 Å². The molecule has 7 nitrogen and oxygen atoms in total. The molecule has 0 fully saturated rings. The molecule has 1 aromatic carbocycles. The number of aromatic nitrogens is 3. The van der Waals surface area contributed by atoms with Crippen LogP contribution in [-0.4, -0.2) is 30.5 Å². The number of ether oxygens (including phenoxy) is 1. The molecule has 0 aliphatic heterocycles. The highest BCUT2D eigenvalue weighted by Gasteiger charge is 2.23. The van der Waals surface area contributed by atoms with E-state index in [1.54, 1.807) is 7.11 Å². The summed E-state index contributed by atoms with van der Waals surface area (Å²) in [6, 6.07) is 7.49. The third kappa shape index (κ3) is 3.67. The van der Waals surface area contributed by atoms with Crippen molar-refractivity contribution in [2.75, 3.05) is 7.11 Å². The van der Waals surface area contributed by atoms with Gasteiger partial charge in [0.1, 0.15) is 0 Å². The molecule has 0 aliphatic carbocycles. The smallest absolute Gasteiger partial charge is 0.260 e. The van der Waals surface area contributed by atoms with Gasteiger partial charge in [-0.15, -0.1) is 5.10 Å². The largest absolute Gasteiger partial charge is 0.380 e. The second kappa shape index (κ2) is 6.65. The molecule has 0 spiro atoms. The van der Waals surface area contributed by atoms with E-state index in [4.69, 9.17) is 4.74 Å². The van der Waals surface area contributed by atoms with E-state index in [9.17, 15) is 8.42 Å². The van der Waals surface area contributed by atoms with Crippen molar-refractivity contribution >= 4 is 26.0 Å². The van der Waals surface area contributed by atoms with Crippen LogP contribution < -0.4 is 4.72 Å². The van der Waals surface area contributed by atoms with Gasteiger partial charge in [0.15, 0.2) is 4.60 Å². The molecule has 2 aromatic rings. The van der Waals surface area contributed by atoms with Gasteiger partial charge < -0.3 is 4.74 Å². The van der Waals surface area contributed by atoms with Crippen molar-refractivity contribution in [2.24, 2.45) is 7.05 Å². The van der Waals surface area contributed by atoms with Crippen LogP contribution in [0.4, 0.5) is 0 Å². The zero-order chi connectivity index (χ0) is 15.5. The number of nitrogens with one attached hydrogen (secondary N) is 1. The topological polar surface area (TPSA) is 86.1 Å². The lowest BCUT2D eigenvalue weighted by atomic mass is 10.1. The molecule has 0 aliphatic rings. The normalized spacial score (nSPS) is 11.8. The molecule has 0 saturated carbocycles. The van der Waals surface area contributed by atoms with E-state index < -0.39 is 10.0 Å². The quantitative estimate of drug-likeness (QED) is 0.820. The predicted molar refractivity (Wildman–Crippen MR) is 79.9 cm³/mol. The van der Waals surface area contributed by atoms with Gasteiger partial charge in [0, 0.05) is 20.7 Å². The summed E-state index contributed by atoms with van der Waals surface area (Å²) in [6.07, 6.45) is 0. The minimum Gasteiger partial charge on any atom is -0.380 e. The summed E-state index contributed by atoms with van der Waals surface area (Å²) in [5.74, 6) is 0. The van der Waals surface area contributed by atoms with Crippen LogP contribution in [0.25, 0.3) is 0 Å². The first-order valence-corrected chi connectivity index (χ1v) is 8.34. The van der Waals surface area contributed by atoms with Gasteiger partial charge in [-0.25, -0.2) is 17.8 Å². The molecule has 0 bridgehead atoms. The van der Waals surface area contributed by atoms with Crippen molar-refractivity contribution in [3.8, 4) is 0 Å². The molecule has 0 atom stereocenters. The minimum atomic E-state index is -3.71. The molecule has 0 saturated heterocycles. The van der Waals surface area contributed by atoms with E-state index in [1.807, 2.05) is 24.3 Å². The molecule has 1 N–H and O–H groups in total. The first-order valence-electron chi connectivity index (χ1n) is 6.06. The Labute approximate surface area is 131 Å². The lowest BCUT2D eigenvalue weighted by Crippen LogP contribution is -2.26. The zero-order valence-electron chi connectivity index (χ0n) is 11.6. The highest BCUT2D eigenvalue weighted by Crippen LogP contribution is 2.18. The molecule has 1 aromatic heterocycles. The Morgan fingerprint density at radius 2 is 2.00 bits per heavy atom. The number of methoxy groups -OCH3 is 1. The SMILES string of the molecule is COCc1ccccc1CNS(=O)(=O)c1c(Br)nnn1C. The van der Waals surface area contributed by atoms with Gasteiger partial charge in [0.25, 0.3) is 10.0 Å². The van der Waals surface area contributed by atoms with Crippen molar-refractivity contribution in [3.05, 3.63) is 40.0 Å². The highest BCUT2D eigenvalue weighted by molar-refractivity contribution is 9.10. The van der Waals surface area contributed by atoms with Gasteiger partial charge in [0.2, 0.25) is 5.03 Å². The third-order valence-corrected chi connectivity index (χ3v) is 5.15. The second-order valence-electron chi connectivity index (χ2n) is 4.34. The van der Waals surface area contributed by atoms with Crippen LogP contribution in [-0.2, 0) is 35.0 Å². The van der Waals surface area contributed by atoms with Gasteiger partial charge in [0.05, 0.1) is 6.61 Å². The monoisotopic (exact) mass is 374 g/mol. The summed E-state index contributed by atoms with van der Waals surface area (Å²) in [5.41, 5.74) is 1.79. The number of rotatable bonds is 6. The number of nitrogens with zero attached hydrogens (tertiary/aromatic N) is 3. The van der Waals surface area contributed by atoms with Crippen LogP contribution in [0.2, 0.25) is 0 Å². The fraction of sp³-hybridized carbons (Fsp3) is 0.333. The molecule has 0 radical (unpaired) electrons. The minimum absolute atomic E-state index is 0.00766. The second-order valence-corrected chi connectivity index (χ2v) is 6.77. The van der Waals surface area contributed by atoms with Crippen molar-refractivity contribution in [1.29, 1.82) is 0 Å². The molecule has 1 heterocycles. The maximum atomic E-state index is 12.3. The average Bonchev–Trinajstić information content (AvgIpc) is 2.78. The predicted octanol–water partition coefficient (Wildman–Crippen LogP) is 1.20. The fourth-order valence-electron chi connectivity index (χ4n) is 1.88. The van der Waals surface area contributed by atoms with Gasteiger partial charge in [-0.2, -0.15) is 0 Å².